The molecule has 0 unspecified atom stereocenters. The molecule has 1 heterocycles. The molecule has 0 aliphatic carbocycles. The molecule has 0 saturated carbocycles. The number of carbonyl (C=O) groups excluding carboxylic acids is 1. The number of anilines is 1. The Labute approximate surface area is 145 Å². The average molecular weight is 348 g/mol. The molecule has 122 valence electrons. The lowest BCUT2D eigenvalue weighted by Crippen LogP contribution is -2.10. The number of thioether (sulfide) groups is 1. The molecular formula is C17H21N3OS2. The summed E-state index contributed by atoms with van der Waals surface area (Å²) in [4.78, 5) is 11.9. The highest BCUT2D eigenvalue weighted by molar-refractivity contribution is 8.01. The van der Waals surface area contributed by atoms with Crippen molar-refractivity contribution in [2.75, 3.05) is 11.1 Å². The summed E-state index contributed by atoms with van der Waals surface area (Å²) < 4.78 is 0.865. The minimum atomic E-state index is -0.200. The van der Waals surface area contributed by atoms with E-state index in [1.807, 2.05) is 12.1 Å². The molecule has 2 aromatic rings. The van der Waals surface area contributed by atoms with Crippen LogP contribution >= 0.6 is 23.1 Å². The van der Waals surface area contributed by atoms with Crippen molar-refractivity contribution in [3.8, 4) is 0 Å². The molecular weight excluding hydrogens is 326 g/mol. The monoisotopic (exact) mass is 347 g/mol. The third-order valence-electron chi connectivity index (χ3n) is 3.11. The van der Waals surface area contributed by atoms with E-state index in [0.29, 0.717) is 5.13 Å². The Morgan fingerprint density at radius 1 is 1.26 bits per heavy atom. The molecule has 0 fully saturated rings. The Morgan fingerprint density at radius 3 is 2.57 bits per heavy atom. The predicted octanol–water partition coefficient (Wildman–Crippen LogP) is 4.60. The number of nitrogens with one attached hydrogen (secondary N) is 1. The lowest BCUT2D eigenvalue weighted by Gasteiger charge is -2.18. The number of hydrogen-bond donors (Lipinski definition) is 1. The summed E-state index contributed by atoms with van der Waals surface area (Å²) in [7, 11) is 0. The third-order valence-corrected chi connectivity index (χ3v) is 4.96. The number of nitrogens with zero attached hydrogens (tertiary/aromatic N) is 2. The van der Waals surface area contributed by atoms with Crippen LogP contribution in [0.2, 0.25) is 0 Å². The van der Waals surface area contributed by atoms with Crippen molar-refractivity contribution in [3.05, 3.63) is 41.5 Å². The second-order valence-corrected chi connectivity index (χ2v) is 8.49. The van der Waals surface area contributed by atoms with Gasteiger partial charge in [-0.15, -0.1) is 10.2 Å². The van der Waals surface area contributed by atoms with Gasteiger partial charge in [-0.3, -0.25) is 10.1 Å². The van der Waals surface area contributed by atoms with E-state index in [9.17, 15) is 4.79 Å². The van der Waals surface area contributed by atoms with Gasteiger partial charge >= 0.3 is 0 Å². The van der Waals surface area contributed by atoms with Crippen molar-refractivity contribution in [1.82, 2.24) is 10.2 Å². The second-order valence-electron chi connectivity index (χ2n) is 6.00. The van der Waals surface area contributed by atoms with E-state index in [2.05, 4.69) is 55.3 Å². The fraction of sp³-hybridized carbons (Fsp3) is 0.353. The molecule has 0 saturated heterocycles. The first-order valence-electron chi connectivity index (χ1n) is 7.44. The first-order valence-corrected chi connectivity index (χ1v) is 9.24. The first kappa shape index (κ1) is 17.7. The minimum Gasteiger partial charge on any atom is -0.297 e. The van der Waals surface area contributed by atoms with Gasteiger partial charge in [-0.1, -0.05) is 75.1 Å². The van der Waals surface area contributed by atoms with Crippen LogP contribution in [0, 0.1) is 0 Å². The molecule has 0 aliphatic rings. The molecule has 0 bridgehead atoms. The molecule has 1 N–H and O–H groups in total. The van der Waals surface area contributed by atoms with Gasteiger partial charge in [0.15, 0.2) is 4.34 Å². The lowest BCUT2D eigenvalue weighted by molar-refractivity contribution is -0.111. The molecule has 4 nitrogen and oxygen atoms in total. The summed E-state index contributed by atoms with van der Waals surface area (Å²) in [6.07, 6.45) is 3.31. The van der Waals surface area contributed by atoms with Crippen LogP contribution in [0.4, 0.5) is 5.13 Å². The highest BCUT2D eigenvalue weighted by Gasteiger charge is 2.12. The second kappa shape index (κ2) is 7.75. The van der Waals surface area contributed by atoms with E-state index in [4.69, 9.17) is 0 Å². The Bertz CT molecular complexity index is 685. The summed E-state index contributed by atoms with van der Waals surface area (Å²) >= 11 is 3.00. The van der Waals surface area contributed by atoms with Crippen molar-refractivity contribution in [2.24, 2.45) is 0 Å². The molecule has 0 spiro atoms. The van der Waals surface area contributed by atoms with Crippen LogP contribution in [0.25, 0.3) is 6.08 Å². The van der Waals surface area contributed by atoms with Crippen molar-refractivity contribution in [2.45, 2.75) is 37.4 Å². The van der Waals surface area contributed by atoms with Crippen molar-refractivity contribution >= 4 is 40.2 Å². The molecule has 1 aromatic heterocycles. The summed E-state index contributed by atoms with van der Waals surface area (Å²) in [5, 5.41) is 11.2. The van der Waals surface area contributed by atoms with Crippen molar-refractivity contribution < 1.29 is 4.79 Å². The van der Waals surface area contributed by atoms with Gasteiger partial charge in [-0.25, -0.2) is 0 Å². The number of rotatable bonds is 5. The van der Waals surface area contributed by atoms with Gasteiger partial charge in [0.1, 0.15) is 0 Å². The molecule has 0 atom stereocenters. The van der Waals surface area contributed by atoms with Crippen molar-refractivity contribution in [3.63, 3.8) is 0 Å². The van der Waals surface area contributed by atoms with E-state index in [-0.39, 0.29) is 11.3 Å². The van der Waals surface area contributed by atoms with Crippen LogP contribution in [0.5, 0.6) is 0 Å². The largest absolute Gasteiger partial charge is 0.297 e. The summed E-state index contributed by atoms with van der Waals surface area (Å²) in [5.74, 6) is 0.738. The average Bonchev–Trinajstić information content (AvgIpc) is 2.92. The molecule has 0 aliphatic heterocycles. The first-order chi connectivity index (χ1) is 10.9. The predicted molar refractivity (Wildman–Crippen MR) is 99.1 cm³/mol. The highest BCUT2D eigenvalue weighted by atomic mass is 32.2. The smallest absolute Gasteiger partial charge is 0.250 e. The molecule has 6 heteroatoms. The number of amides is 1. The van der Waals surface area contributed by atoms with Gasteiger partial charge in [0.2, 0.25) is 11.0 Å². The maximum absolute atomic E-state index is 11.9. The lowest BCUT2D eigenvalue weighted by atomic mass is 9.87. The van der Waals surface area contributed by atoms with Gasteiger partial charge in [-0.2, -0.15) is 0 Å². The van der Waals surface area contributed by atoms with E-state index < -0.39 is 0 Å². The van der Waals surface area contributed by atoms with Gasteiger partial charge < -0.3 is 0 Å². The summed E-state index contributed by atoms with van der Waals surface area (Å²) in [6.45, 7) is 8.59. The fourth-order valence-corrected chi connectivity index (χ4v) is 3.51. The minimum absolute atomic E-state index is 0.131. The van der Waals surface area contributed by atoms with Gasteiger partial charge in [0.25, 0.3) is 0 Å². The standard InChI is InChI=1S/C17H21N3OS2/c1-5-22-16-20-19-15(23-16)18-14(21)11-8-12-6-9-13(10-7-12)17(2,3)4/h6-11H,5H2,1-4H3,(H,18,19,21)/b11-8-. The van der Waals surface area contributed by atoms with Crippen molar-refractivity contribution in [1.29, 1.82) is 0 Å². The number of benzene rings is 1. The number of aromatic nitrogens is 2. The normalized spacial score (nSPS) is 11.8. The SMILES string of the molecule is CCSc1nnc(NC(=O)/C=C\c2ccc(C(C)(C)C)cc2)s1. The van der Waals surface area contributed by atoms with Crippen LogP contribution in [0.15, 0.2) is 34.7 Å². The van der Waals surface area contributed by atoms with Crippen LogP contribution in [0.1, 0.15) is 38.8 Å². The Hall–Kier alpha value is -1.66. The quantitative estimate of drug-likeness (QED) is 0.488. The van der Waals surface area contributed by atoms with E-state index in [1.54, 1.807) is 17.8 Å². The van der Waals surface area contributed by atoms with Crippen LogP contribution in [-0.4, -0.2) is 21.9 Å². The zero-order valence-electron chi connectivity index (χ0n) is 13.8. The Morgan fingerprint density at radius 2 is 1.96 bits per heavy atom. The maximum atomic E-state index is 11.9. The van der Waals surface area contributed by atoms with Gasteiger partial charge in [-0.05, 0) is 28.4 Å². The van der Waals surface area contributed by atoms with Crippen LogP contribution in [0.3, 0.4) is 0 Å². The van der Waals surface area contributed by atoms with Crippen LogP contribution < -0.4 is 5.32 Å². The van der Waals surface area contributed by atoms with Gasteiger partial charge in [0, 0.05) is 6.08 Å². The number of carbonyl (C=O) groups is 1. The van der Waals surface area contributed by atoms with E-state index in [1.165, 1.54) is 23.0 Å². The zero-order chi connectivity index (χ0) is 16.9. The molecule has 0 radical (unpaired) electrons. The summed E-state index contributed by atoms with van der Waals surface area (Å²) in [6, 6.07) is 8.23. The number of hydrogen-bond acceptors (Lipinski definition) is 5. The van der Waals surface area contributed by atoms with E-state index >= 15 is 0 Å². The topological polar surface area (TPSA) is 54.9 Å². The zero-order valence-corrected chi connectivity index (χ0v) is 15.4. The summed E-state index contributed by atoms with van der Waals surface area (Å²) in [5.41, 5.74) is 2.40. The molecule has 23 heavy (non-hydrogen) atoms. The van der Waals surface area contributed by atoms with Crippen LogP contribution in [-0.2, 0) is 10.2 Å². The molecule has 1 amide bonds. The molecule has 2 rings (SSSR count). The Balaban J connectivity index is 1.95. The Kier molecular flexibility index (Phi) is 5.96. The third kappa shape index (κ3) is 5.48. The fourth-order valence-electron chi connectivity index (χ4n) is 1.86. The maximum Gasteiger partial charge on any atom is 0.250 e. The molecule has 1 aromatic carbocycles. The van der Waals surface area contributed by atoms with E-state index in [0.717, 1.165) is 15.7 Å². The highest BCUT2D eigenvalue weighted by Crippen LogP contribution is 2.25. The van der Waals surface area contributed by atoms with Gasteiger partial charge in [0.05, 0.1) is 0 Å².